The third kappa shape index (κ3) is 4.32. The Bertz CT molecular complexity index is 1170. The first kappa shape index (κ1) is 21.8. The minimum atomic E-state index is -0.108. The molecule has 0 saturated carbocycles. The van der Waals surface area contributed by atoms with Crippen molar-refractivity contribution in [1.82, 2.24) is 25.0 Å². The Balaban J connectivity index is 1.29. The number of amides is 1. The largest absolute Gasteiger partial charge is 0.346 e. The zero-order chi connectivity index (χ0) is 22.9. The second kappa shape index (κ2) is 9.10. The molecule has 2 aliphatic rings. The van der Waals surface area contributed by atoms with Gasteiger partial charge in [0.05, 0.1) is 6.04 Å². The second-order valence-corrected chi connectivity index (χ2v) is 9.62. The van der Waals surface area contributed by atoms with E-state index >= 15 is 0 Å². The summed E-state index contributed by atoms with van der Waals surface area (Å²) < 4.78 is 2.24. The maximum atomic E-state index is 12.1. The highest BCUT2D eigenvalue weighted by Crippen LogP contribution is 2.37. The highest BCUT2D eigenvalue weighted by molar-refractivity contribution is 5.77. The van der Waals surface area contributed by atoms with Crippen molar-refractivity contribution in [3.05, 3.63) is 70.8 Å². The minimum absolute atomic E-state index is 0.0556. The van der Waals surface area contributed by atoms with Gasteiger partial charge >= 0.3 is 0 Å². The standard InChI is InChI=1S/C27H33N5O/c1-4-25(33)28-26(18(2)3)27-30-29-24-11-12-31(13-14-32(24)27)17-19-9-10-23-21(15-19)16-20-7-5-6-8-22(20)23/h5-10,15,18,26H,4,11-14,16-17H2,1-3H3,(H,28,33)/t26-/m1/s1. The lowest BCUT2D eigenvalue weighted by atomic mass is 10.0. The van der Waals surface area contributed by atoms with Crippen molar-refractivity contribution in [2.75, 3.05) is 13.1 Å². The van der Waals surface area contributed by atoms with E-state index in [1.54, 1.807) is 0 Å². The Kier molecular flexibility index (Phi) is 6.02. The van der Waals surface area contributed by atoms with Gasteiger partial charge in [0.1, 0.15) is 5.82 Å². The van der Waals surface area contributed by atoms with Gasteiger partial charge in [0.25, 0.3) is 0 Å². The van der Waals surface area contributed by atoms with Gasteiger partial charge in [-0.25, -0.2) is 0 Å². The molecular formula is C27H33N5O. The molecule has 2 aromatic carbocycles. The van der Waals surface area contributed by atoms with Gasteiger partial charge in [0.15, 0.2) is 5.82 Å². The van der Waals surface area contributed by atoms with Crippen LogP contribution in [0.25, 0.3) is 11.1 Å². The van der Waals surface area contributed by atoms with Crippen LogP contribution in [-0.2, 0) is 30.7 Å². The fourth-order valence-corrected chi connectivity index (χ4v) is 5.14. The number of hydrogen-bond donors (Lipinski definition) is 1. The number of aromatic nitrogens is 3. The summed E-state index contributed by atoms with van der Waals surface area (Å²) in [6.07, 6.45) is 2.38. The second-order valence-electron chi connectivity index (χ2n) is 9.62. The molecule has 3 aromatic rings. The predicted octanol–water partition coefficient (Wildman–Crippen LogP) is 4.13. The minimum Gasteiger partial charge on any atom is -0.346 e. The van der Waals surface area contributed by atoms with Crippen LogP contribution < -0.4 is 5.32 Å². The Morgan fingerprint density at radius 3 is 2.67 bits per heavy atom. The summed E-state index contributed by atoms with van der Waals surface area (Å²) in [5, 5.41) is 12.1. The molecule has 0 saturated heterocycles. The molecule has 1 N–H and O–H groups in total. The third-order valence-corrected chi connectivity index (χ3v) is 6.99. The number of carbonyl (C=O) groups is 1. The van der Waals surface area contributed by atoms with Crippen molar-refractivity contribution < 1.29 is 4.79 Å². The van der Waals surface area contributed by atoms with Gasteiger partial charge in [-0.1, -0.05) is 63.2 Å². The van der Waals surface area contributed by atoms with Crippen LogP contribution in [0.4, 0.5) is 0 Å². The smallest absolute Gasteiger partial charge is 0.220 e. The average Bonchev–Trinajstić information content (AvgIpc) is 3.32. The van der Waals surface area contributed by atoms with Gasteiger partial charge in [-0.2, -0.15) is 0 Å². The van der Waals surface area contributed by atoms with Gasteiger partial charge in [-0.3, -0.25) is 9.69 Å². The zero-order valence-corrected chi connectivity index (χ0v) is 19.8. The lowest BCUT2D eigenvalue weighted by molar-refractivity contribution is -0.121. The van der Waals surface area contributed by atoms with E-state index in [1.807, 2.05) is 6.92 Å². The third-order valence-electron chi connectivity index (χ3n) is 6.99. The number of fused-ring (bicyclic) bond motifs is 4. The van der Waals surface area contributed by atoms with Crippen molar-refractivity contribution in [2.24, 2.45) is 5.92 Å². The molecule has 1 amide bonds. The van der Waals surface area contributed by atoms with Crippen molar-refractivity contribution in [2.45, 2.75) is 59.2 Å². The molecule has 6 nitrogen and oxygen atoms in total. The van der Waals surface area contributed by atoms with Crippen LogP contribution >= 0.6 is 0 Å². The van der Waals surface area contributed by atoms with Crippen molar-refractivity contribution >= 4 is 5.91 Å². The molecule has 1 atom stereocenters. The van der Waals surface area contributed by atoms with E-state index in [0.717, 1.165) is 50.7 Å². The van der Waals surface area contributed by atoms with Crippen LogP contribution in [0, 0.1) is 5.92 Å². The molecule has 0 spiro atoms. The van der Waals surface area contributed by atoms with Crippen LogP contribution in [-0.4, -0.2) is 38.7 Å². The van der Waals surface area contributed by atoms with Crippen LogP contribution in [0.5, 0.6) is 0 Å². The van der Waals surface area contributed by atoms with Crippen LogP contribution in [0.3, 0.4) is 0 Å². The van der Waals surface area contributed by atoms with E-state index in [1.165, 1.54) is 27.8 Å². The van der Waals surface area contributed by atoms with Crippen molar-refractivity contribution in [1.29, 1.82) is 0 Å². The normalized spacial score (nSPS) is 16.1. The lowest BCUT2D eigenvalue weighted by Crippen LogP contribution is -2.34. The van der Waals surface area contributed by atoms with Gasteiger partial charge in [-0.05, 0) is 40.2 Å². The summed E-state index contributed by atoms with van der Waals surface area (Å²) in [5.41, 5.74) is 7.01. The number of benzene rings is 2. The molecule has 1 aliphatic heterocycles. The molecule has 33 heavy (non-hydrogen) atoms. The quantitative estimate of drug-likeness (QED) is 0.487. The molecule has 172 valence electrons. The number of carbonyl (C=O) groups excluding carboxylic acids is 1. The average molecular weight is 444 g/mol. The number of nitrogens with one attached hydrogen (secondary N) is 1. The first-order chi connectivity index (χ1) is 16.0. The van der Waals surface area contributed by atoms with Crippen molar-refractivity contribution in [3.63, 3.8) is 0 Å². The molecule has 0 fully saturated rings. The van der Waals surface area contributed by atoms with Crippen LogP contribution in [0.15, 0.2) is 42.5 Å². The molecule has 1 aromatic heterocycles. The molecule has 0 bridgehead atoms. The monoisotopic (exact) mass is 443 g/mol. The summed E-state index contributed by atoms with van der Waals surface area (Å²) >= 11 is 0. The van der Waals surface area contributed by atoms with Crippen molar-refractivity contribution in [3.8, 4) is 11.1 Å². The molecule has 1 aliphatic carbocycles. The number of nitrogens with zero attached hydrogens (tertiary/aromatic N) is 4. The first-order valence-electron chi connectivity index (χ1n) is 12.2. The van der Waals surface area contributed by atoms with Gasteiger partial charge in [0, 0.05) is 39.0 Å². The van der Waals surface area contributed by atoms with E-state index in [9.17, 15) is 4.79 Å². The molecule has 0 radical (unpaired) electrons. The Morgan fingerprint density at radius 2 is 1.85 bits per heavy atom. The van der Waals surface area contributed by atoms with Gasteiger partial charge in [0.2, 0.25) is 5.91 Å². The van der Waals surface area contributed by atoms with E-state index in [0.29, 0.717) is 6.42 Å². The fraction of sp³-hybridized carbons (Fsp3) is 0.444. The number of rotatable bonds is 6. The molecule has 2 heterocycles. The Morgan fingerprint density at radius 1 is 1.03 bits per heavy atom. The molecule has 6 heteroatoms. The predicted molar refractivity (Wildman–Crippen MR) is 130 cm³/mol. The van der Waals surface area contributed by atoms with Gasteiger partial charge < -0.3 is 9.88 Å². The Labute approximate surface area is 196 Å². The summed E-state index contributed by atoms with van der Waals surface area (Å²) in [7, 11) is 0. The van der Waals surface area contributed by atoms with E-state index in [-0.39, 0.29) is 17.9 Å². The summed E-state index contributed by atoms with van der Waals surface area (Å²) in [4.78, 5) is 14.6. The highest BCUT2D eigenvalue weighted by Gasteiger charge is 2.27. The first-order valence-corrected chi connectivity index (χ1v) is 12.2. The lowest BCUT2D eigenvalue weighted by Gasteiger charge is -2.23. The van der Waals surface area contributed by atoms with Crippen LogP contribution in [0.2, 0.25) is 0 Å². The fourth-order valence-electron chi connectivity index (χ4n) is 5.14. The highest BCUT2D eigenvalue weighted by atomic mass is 16.1. The Hall–Kier alpha value is -2.99. The maximum absolute atomic E-state index is 12.1. The molecule has 5 rings (SSSR count). The summed E-state index contributed by atoms with van der Waals surface area (Å²) in [5.74, 6) is 2.22. The van der Waals surface area contributed by atoms with Crippen LogP contribution in [0.1, 0.15) is 61.6 Å². The molecule has 0 unspecified atom stereocenters. The zero-order valence-electron chi connectivity index (χ0n) is 19.8. The summed E-state index contributed by atoms with van der Waals surface area (Å²) in [6, 6.07) is 15.6. The molecular weight excluding hydrogens is 410 g/mol. The van der Waals surface area contributed by atoms with Gasteiger partial charge in [-0.15, -0.1) is 10.2 Å². The van der Waals surface area contributed by atoms with E-state index in [2.05, 4.69) is 81.3 Å². The number of hydrogen-bond acceptors (Lipinski definition) is 4. The maximum Gasteiger partial charge on any atom is 0.220 e. The topological polar surface area (TPSA) is 63.1 Å². The van der Waals surface area contributed by atoms with E-state index < -0.39 is 0 Å². The van der Waals surface area contributed by atoms with E-state index in [4.69, 9.17) is 0 Å². The summed E-state index contributed by atoms with van der Waals surface area (Å²) in [6.45, 7) is 9.82. The SMILES string of the molecule is CCC(=O)N[C@@H](c1nnc2n1CCN(Cc1ccc3c(c1)Cc1ccccc1-3)CC2)C(C)C.